The molecule has 1 N–H and O–H groups in total. The van der Waals surface area contributed by atoms with E-state index in [1.165, 1.54) is 11.0 Å². The second kappa shape index (κ2) is 14.4. The minimum absolute atomic E-state index is 0. The minimum atomic E-state index is 0. The Morgan fingerprint density at radius 2 is 1.31 bits per heavy atom. The van der Waals surface area contributed by atoms with Crippen molar-refractivity contribution in [3.63, 3.8) is 0 Å². The predicted octanol–water partition coefficient (Wildman–Crippen LogP) is 4.58. The van der Waals surface area contributed by atoms with E-state index in [1.807, 2.05) is 65.4 Å². The fraction of sp³-hybridized carbons (Fsp3) is 0.538. The molecule has 2 rings (SSSR count). The van der Waals surface area contributed by atoms with Gasteiger partial charge in [-0.25, -0.2) is 0 Å². The molecule has 1 radical (unpaired) electrons. The van der Waals surface area contributed by atoms with Crippen molar-refractivity contribution in [2.45, 2.75) is 41.5 Å². The van der Waals surface area contributed by atoms with Gasteiger partial charge in [0.05, 0.1) is 11.0 Å². The number of H-pyrrole nitrogens is 1. The Labute approximate surface area is 112 Å². The van der Waals surface area contributed by atoms with Gasteiger partial charge in [0.1, 0.15) is 0 Å². The number of nitrogens with zero attached hydrogens (tertiary/aromatic N) is 1. The fourth-order valence-corrected chi connectivity index (χ4v) is 1.05. The van der Waals surface area contributed by atoms with Crippen LogP contribution in [0.1, 0.15) is 41.5 Å². The maximum atomic E-state index is 3.12. The molecule has 0 amide bonds. The number of aryl methyl sites for hydroxylation is 1. The van der Waals surface area contributed by atoms with E-state index in [9.17, 15) is 0 Å². The molecule has 0 saturated heterocycles. The quantitative estimate of drug-likeness (QED) is 0.716. The summed E-state index contributed by atoms with van der Waals surface area (Å²) in [6.07, 6.45) is 0. The molecule has 1 aromatic heterocycles. The molecule has 0 atom stereocenters. The fourth-order valence-electron chi connectivity index (χ4n) is 1.05. The summed E-state index contributed by atoms with van der Waals surface area (Å²) in [6, 6.07) is 8.22. The molecule has 0 fully saturated rings. The summed E-state index contributed by atoms with van der Waals surface area (Å²) in [6.45, 7) is 12.0. The summed E-state index contributed by atoms with van der Waals surface area (Å²) < 4.78 is 2.00. The van der Waals surface area contributed by atoms with Crippen LogP contribution in [0.2, 0.25) is 0 Å². The van der Waals surface area contributed by atoms with Crippen molar-refractivity contribution in [1.82, 2.24) is 9.78 Å². The van der Waals surface area contributed by atoms with E-state index in [2.05, 4.69) is 17.2 Å². The molecule has 16 heavy (non-hydrogen) atoms. The standard InChI is InChI=1S/C7H8N2.3C2H6.V/c1-9-7-5-3-2-4-6(7)8-9;3*1-2;/h2-5,8H,1H3;3*1-2H3;. The first kappa shape index (κ1) is 20.8. The van der Waals surface area contributed by atoms with Gasteiger partial charge in [-0.15, -0.1) is 0 Å². The van der Waals surface area contributed by atoms with Crippen molar-refractivity contribution >= 4 is 11.0 Å². The second-order valence-electron chi connectivity index (χ2n) is 2.19. The summed E-state index contributed by atoms with van der Waals surface area (Å²) in [7, 11) is 2.00. The Bertz CT molecular complexity index is 323. The average Bonchev–Trinajstić information content (AvgIpc) is 2.36. The van der Waals surface area contributed by atoms with E-state index in [0.717, 1.165) is 0 Å². The first-order valence-corrected chi connectivity index (χ1v) is 5.97. The zero-order chi connectivity index (χ0) is 12.3. The van der Waals surface area contributed by atoms with Gasteiger partial charge < -0.3 is 0 Å². The van der Waals surface area contributed by atoms with Gasteiger partial charge in [-0.2, -0.15) is 0 Å². The Balaban J connectivity index is -0.000000214. The number of fused-ring (bicyclic) bond motifs is 1. The largest absolute Gasteiger partial charge is 0.296 e. The number of benzene rings is 1. The number of hydrogen-bond donors (Lipinski definition) is 1. The zero-order valence-corrected chi connectivity index (χ0v) is 13.1. The number of aromatic amines is 1. The van der Waals surface area contributed by atoms with E-state index in [-0.39, 0.29) is 18.6 Å². The summed E-state index contributed by atoms with van der Waals surface area (Å²) in [5, 5.41) is 3.12. The normalized spacial score (nSPS) is 7.19. The van der Waals surface area contributed by atoms with Gasteiger partial charge in [0.15, 0.2) is 0 Å². The van der Waals surface area contributed by atoms with Gasteiger partial charge in [-0.1, -0.05) is 53.7 Å². The van der Waals surface area contributed by atoms with Crippen LogP contribution in [0.25, 0.3) is 11.0 Å². The first-order chi connectivity index (χ1) is 7.38. The molecule has 3 heteroatoms. The van der Waals surface area contributed by atoms with Crippen LogP contribution >= 0.6 is 0 Å². The molecule has 93 valence electrons. The number of nitrogens with one attached hydrogen (secondary N) is 1. The van der Waals surface area contributed by atoms with Gasteiger partial charge in [0.2, 0.25) is 0 Å². The Hall–Kier alpha value is -0.596. The molecule has 0 saturated carbocycles. The van der Waals surface area contributed by atoms with Gasteiger partial charge in [-0.05, 0) is 12.1 Å². The van der Waals surface area contributed by atoms with Crippen molar-refractivity contribution in [2.24, 2.45) is 7.05 Å². The van der Waals surface area contributed by atoms with Gasteiger partial charge in [0, 0.05) is 25.6 Å². The molecule has 0 spiro atoms. The Kier molecular flexibility index (Phi) is 18.7. The first-order valence-electron chi connectivity index (χ1n) is 5.97. The summed E-state index contributed by atoms with van der Waals surface area (Å²) in [5.41, 5.74) is 2.50. The predicted molar refractivity (Wildman–Crippen MR) is 71.3 cm³/mol. The topological polar surface area (TPSA) is 20.7 Å². The smallest absolute Gasteiger partial charge is 0.0818 e. The molecule has 0 aliphatic rings. The number of rotatable bonds is 0. The molecule has 0 bridgehead atoms. The van der Waals surface area contributed by atoms with Crippen LogP contribution in [0.4, 0.5) is 0 Å². The molecule has 0 aliphatic heterocycles. The van der Waals surface area contributed by atoms with E-state index in [4.69, 9.17) is 0 Å². The molecular weight excluding hydrogens is 235 g/mol. The molecule has 2 aromatic rings. The van der Waals surface area contributed by atoms with E-state index >= 15 is 0 Å². The van der Waals surface area contributed by atoms with E-state index in [1.54, 1.807) is 0 Å². The SMILES string of the molecule is CC.CC.CC.Cn1[nH]c2ccccc21.[V]. The molecule has 1 heterocycles. The van der Waals surface area contributed by atoms with Crippen LogP contribution in [-0.4, -0.2) is 9.78 Å². The molecule has 0 aliphatic carbocycles. The molecule has 0 unspecified atom stereocenters. The van der Waals surface area contributed by atoms with Crippen molar-refractivity contribution in [3.05, 3.63) is 24.3 Å². The third-order valence-electron chi connectivity index (χ3n) is 1.55. The van der Waals surface area contributed by atoms with Crippen LogP contribution in [0.3, 0.4) is 0 Å². The monoisotopic (exact) mass is 261 g/mol. The molecule has 2 nitrogen and oxygen atoms in total. The van der Waals surface area contributed by atoms with Crippen LogP contribution in [0, 0.1) is 0 Å². The minimum Gasteiger partial charge on any atom is -0.296 e. The maximum Gasteiger partial charge on any atom is 0.0818 e. The van der Waals surface area contributed by atoms with Crippen LogP contribution in [0.15, 0.2) is 24.3 Å². The van der Waals surface area contributed by atoms with Crippen molar-refractivity contribution in [1.29, 1.82) is 0 Å². The van der Waals surface area contributed by atoms with Gasteiger partial charge in [0.25, 0.3) is 0 Å². The average molecular weight is 261 g/mol. The van der Waals surface area contributed by atoms with E-state index < -0.39 is 0 Å². The maximum absolute atomic E-state index is 3.12. The van der Waals surface area contributed by atoms with Gasteiger partial charge in [-0.3, -0.25) is 9.78 Å². The summed E-state index contributed by atoms with van der Waals surface area (Å²) in [5.74, 6) is 0. The summed E-state index contributed by atoms with van der Waals surface area (Å²) in [4.78, 5) is 0. The number of para-hydroxylation sites is 2. The Morgan fingerprint density at radius 1 is 0.875 bits per heavy atom. The second-order valence-corrected chi connectivity index (χ2v) is 2.19. The third kappa shape index (κ3) is 6.09. The summed E-state index contributed by atoms with van der Waals surface area (Å²) >= 11 is 0. The Morgan fingerprint density at radius 3 is 1.62 bits per heavy atom. The van der Waals surface area contributed by atoms with E-state index in [0.29, 0.717) is 0 Å². The van der Waals surface area contributed by atoms with Crippen molar-refractivity contribution in [3.8, 4) is 0 Å². The third-order valence-corrected chi connectivity index (χ3v) is 1.55. The van der Waals surface area contributed by atoms with Crippen LogP contribution in [-0.2, 0) is 25.6 Å². The molecular formula is C13H26N2V. The van der Waals surface area contributed by atoms with Gasteiger partial charge >= 0.3 is 0 Å². The number of hydrogen-bond acceptors (Lipinski definition) is 0. The zero-order valence-electron chi connectivity index (χ0n) is 11.7. The van der Waals surface area contributed by atoms with Crippen LogP contribution < -0.4 is 0 Å². The van der Waals surface area contributed by atoms with Crippen molar-refractivity contribution in [2.75, 3.05) is 0 Å². The van der Waals surface area contributed by atoms with Crippen molar-refractivity contribution < 1.29 is 18.6 Å². The number of aromatic nitrogens is 2. The van der Waals surface area contributed by atoms with Crippen LogP contribution in [0.5, 0.6) is 0 Å². The molecule has 1 aromatic carbocycles.